The minimum absolute atomic E-state index is 0.0866. The molecule has 0 spiro atoms. The molecule has 6 heteroatoms. The molecule has 0 saturated carbocycles. The average Bonchev–Trinajstić information content (AvgIpc) is 3.27. The van der Waals surface area contributed by atoms with Crippen molar-refractivity contribution in [3.63, 3.8) is 0 Å². The van der Waals surface area contributed by atoms with Gasteiger partial charge in [0.1, 0.15) is 23.8 Å². The molecule has 0 saturated heterocycles. The molecule has 3 rings (SSSR count). The van der Waals surface area contributed by atoms with Crippen LogP contribution in [0.2, 0.25) is 0 Å². The summed E-state index contributed by atoms with van der Waals surface area (Å²) >= 11 is 0. The highest BCUT2D eigenvalue weighted by Crippen LogP contribution is 2.16. The van der Waals surface area contributed by atoms with Gasteiger partial charge in [-0.25, -0.2) is 0 Å². The first-order valence-electron chi connectivity index (χ1n) is 10.5. The summed E-state index contributed by atoms with van der Waals surface area (Å²) < 4.78 is 11.1. The number of aryl methyl sites for hydroxylation is 3. The Morgan fingerprint density at radius 2 is 1.78 bits per heavy atom. The van der Waals surface area contributed by atoms with Crippen molar-refractivity contribution in [2.75, 3.05) is 6.61 Å². The van der Waals surface area contributed by atoms with Gasteiger partial charge in [-0.05, 0) is 75.2 Å². The summed E-state index contributed by atoms with van der Waals surface area (Å²) in [4.78, 5) is 25.6. The lowest BCUT2D eigenvalue weighted by Crippen LogP contribution is -2.41. The normalized spacial score (nSPS) is 12.2. The van der Waals surface area contributed by atoms with Crippen LogP contribution in [-0.2, 0) is 4.79 Å². The predicted octanol–water partition coefficient (Wildman–Crippen LogP) is 4.56. The number of furan rings is 1. The molecule has 0 aliphatic heterocycles. The minimum atomic E-state index is -0.432. The van der Waals surface area contributed by atoms with E-state index in [0.717, 1.165) is 16.9 Å². The monoisotopic (exact) mass is 432 g/mol. The van der Waals surface area contributed by atoms with E-state index in [2.05, 4.69) is 10.6 Å². The fourth-order valence-corrected chi connectivity index (χ4v) is 2.94. The van der Waals surface area contributed by atoms with Crippen LogP contribution in [0.3, 0.4) is 0 Å². The molecule has 2 aromatic carbocycles. The Hall–Kier alpha value is -3.80. The van der Waals surface area contributed by atoms with E-state index < -0.39 is 5.91 Å². The third-order valence-electron chi connectivity index (χ3n) is 4.99. The number of ether oxygens (including phenoxy) is 1. The maximum absolute atomic E-state index is 12.9. The van der Waals surface area contributed by atoms with E-state index in [9.17, 15) is 9.59 Å². The fraction of sp³-hybridized carbons (Fsp3) is 0.231. The highest BCUT2D eigenvalue weighted by atomic mass is 16.5. The molecule has 2 amide bonds. The van der Waals surface area contributed by atoms with Crippen LogP contribution in [0.5, 0.6) is 5.75 Å². The molecule has 1 atom stereocenters. The van der Waals surface area contributed by atoms with E-state index in [1.807, 2.05) is 58.0 Å². The van der Waals surface area contributed by atoms with Gasteiger partial charge in [0, 0.05) is 11.6 Å². The number of amides is 2. The quantitative estimate of drug-likeness (QED) is 0.512. The lowest BCUT2D eigenvalue weighted by Gasteiger charge is -2.17. The lowest BCUT2D eigenvalue weighted by atomic mass is 10.1. The molecule has 2 N–H and O–H groups in total. The Morgan fingerprint density at radius 1 is 1.03 bits per heavy atom. The number of carbonyl (C=O) groups is 2. The summed E-state index contributed by atoms with van der Waals surface area (Å²) in [7, 11) is 0. The van der Waals surface area contributed by atoms with E-state index in [4.69, 9.17) is 9.15 Å². The number of carbonyl (C=O) groups excluding carboxylic acids is 2. The Kier molecular flexibility index (Phi) is 7.49. The Labute approximate surface area is 188 Å². The first-order chi connectivity index (χ1) is 15.3. The summed E-state index contributed by atoms with van der Waals surface area (Å²) in [6, 6.07) is 16.1. The molecule has 166 valence electrons. The Balaban J connectivity index is 1.67. The van der Waals surface area contributed by atoms with Crippen molar-refractivity contribution in [2.24, 2.45) is 0 Å². The van der Waals surface area contributed by atoms with Crippen molar-refractivity contribution in [2.45, 2.75) is 33.7 Å². The SMILES string of the molecule is Cc1ccc(C(=O)N/C(=C\c2ccco2)C(=O)N[C@@H](C)COc2ccc(C)c(C)c2)cc1. The van der Waals surface area contributed by atoms with Gasteiger partial charge in [0.2, 0.25) is 0 Å². The predicted molar refractivity (Wildman–Crippen MR) is 124 cm³/mol. The van der Waals surface area contributed by atoms with Gasteiger partial charge < -0.3 is 19.8 Å². The molecule has 32 heavy (non-hydrogen) atoms. The van der Waals surface area contributed by atoms with Gasteiger partial charge in [0.05, 0.1) is 12.3 Å². The molecule has 0 aliphatic rings. The molecule has 3 aromatic rings. The number of hydrogen-bond acceptors (Lipinski definition) is 4. The zero-order chi connectivity index (χ0) is 23.1. The fourth-order valence-electron chi connectivity index (χ4n) is 2.94. The van der Waals surface area contributed by atoms with Gasteiger partial charge in [-0.15, -0.1) is 0 Å². The summed E-state index contributed by atoms with van der Waals surface area (Å²) in [6.07, 6.45) is 3.00. The summed E-state index contributed by atoms with van der Waals surface area (Å²) in [6.45, 7) is 8.13. The summed E-state index contributed by atoms with van der Waals surface area (Å²) in [5, 5.41) is 5.56. The molecule has 6 nitrogen and oxygen atoms in total. The van der Waals surface area contributed by atoms with Gasteiger partial charge in [-0.1, -0.05) is 23.8 Å². The van der Waals surface area contributed by atoms with Crippen molar-refractivity contribution in [1.82, 2.24) is 10.6 Å². The maximum Gasteiger partial charge on any atom is 0.268 e. The summed E-state index contributed by atoms with van der Waals surface area (Å²) in [5.41, 5.74) is 3.92. The topological polar surface area (TPSA) is 80.6 Å². The van der Waals surface area contributed by atoms with Crippen molar-refractivity contribution in [1.29, 1.82) is 0 Å². The zero-order valence-corrected chi connectivity index (χ0v) is 18.8. The molecule has 1 heterocycles. The van der Waals surface area contributed by atoms with Crippen LogP contribution < -0.4 is 15.4 Å². The van der Waals surface area contributed by atoms with E-state index in [-0.39, 0.29) is 24.3 Å². The van der Waals surface area contributed by atoms with E-state index in [0.29, 0.717) is 11.3 Å². The first-order valence-corrected chi connectivity index (χ1v) is 10.5. The van der Waals surface area contributed by atoms with Crippen LogP contribution in [-0.4, -0.2) is 24.5 Å². The van der Waals surface area contributed by atoms with Crippen LogP contribution in [0, 0.1) is 20.8 Å². The van der Waals surface area contributed by atoms with Gasteiger partial charge in [0.15, 0.2) is 0 Å². The number of rotatable bonds is 8. The molecule has 0 bridgehead atoms. The van der Waals surface area contributed by atoms with Gasteiger partial charge >= 0.3 is 0 Å². The molecule has 0 unspecified atom stereocenters. The Morgan fingerprint density at radius 3 is 2.44 bits per heavy atom. The van der Waals surface area contributed by atoms with E-state index in [1.165, 1.54) is 17.9 Å². The van der Waals surface area contributed by atoms with Crippen LogP contribution in [0.4, 0.5) is 0 Å². The second-order valence-electron chi connectivity index (χ2n) is 7.83. The molecule has 0 fully saturated rings. The first kappa shape index (κ1) is 22.9. The molecular weight excluding hydrogens is 404 g/mol. The summed E-state index contributed by atoms with van der Waals surface area (Å²) in [5.74, 6) is 0.390. The number of benzene rings is 2. The molecule has 1 aromatic heterocycles. The molecule has 0 radical (unpaired) electrons. The second-order valence-corrected chi connectivity index (χ2v) is 7.83. The minimum Gasteiger partial charge on any atom is -0.491 e. The number of nitrogens with one attached hydrogen (secondary N) is 2. The second kappa shape index (κ2) is 10.5. The van der Waals surface area contributed by atoms with E-state index >= 15 is 0 Å². The number of hydrogen-bond donors (Lipinski definition) is 2. The van der Waals surface area contributed by atoms with Crippen LogP contribution in [0.15, 0.2) is 71.0 Å². The third kappa shape index (κ3) is 6.35. The molecular formula is C26H28N2O4. The van der Waals surface area contributed by atoms with Gasteiger partial charge in [-0.2, -0.15) is 0 Å². The molecule has 0 aliphatic carbocycles. The van der Waals surface area contributed by atoms with E-state index in [1.54, 1.807) is 24.3 Å². The highest BCUT2D eigenvalue weighted by molar-refractivity contribution is 6.05. The largest absolute Gasteiger partial charge is 0.491 e. The Bertz CT molecular complexity index is 1100. The van der Waals surface area contributed by atoms with Crippen LogP contribution >= 0.6 is 0 Å². The highest BCUT2D eigenvalue weighted by Gasteiger charge is 2.17. The van der Waals surface area contributed by atoms with Gasteiger partial charge in [0.25, 0.3) is 11.8 Å². The van der Waals surface area contributed by atoms with Crippen molar-refractivity contribution < 1.29 is 18.7 Å². The van der Waals surface area contributed by atoms with Crippen LogP contribution in [0.1, 0.15) is 39.7 Å². The van der Waals surface area contributed by atoms with Crippen LogP contribution in [0.25, 0.3) is 6.08 Å². The van der Waals surface area contributed by atoms with Crippen molar-refractivity contribution >= 4 is 17.9 Å². The zero-order valence-electron chi connectivity index (χ0n) is 18.8. The van der Waals surface area contributed by atoms with Gasteiger partial charge in [-0.3, -0.25) is 9.59 Å². The van der Waals surface area contributed by atoms with Crippen molar-refractivity contribution in [3.8, 4) is 5.75 Å². The maximum atomic E-state index is 12.9. The van der Waals surface area contributed by atoms with Crippen molar-refractivity contribution in [3.05, 3.63) is 94.6 Å². The average molecular weight is 433 g/mol. The third-order valence-corrected chi connectivity index (χ3v) is 4.99. The standard InChI is InChI=1S/C26H28N2O4/c1-17-7-10-21(11-8-17)25(29)28-24(15-22-6-5-13-31-22)26(30)27-20(4)16-32-23-12-9-18(2)19(3)14-23/h5-15,20H,16H2,1-4H3,(H,27,30)(H,28,29)/b24-15-/t20-/m0/s1. The smallest absolute Gasteiger partial charge is 0.268 e. The lowest BCUT2D eigenvalue weighted by molar-refractivity contribution is -0.118.